The standard InChI is InChI=1S/C12H18N4O3/c1-14-6-8-15(9-7-14)12(19)10-2-4-16(13-10)5-3-11(17)18/h2,4H,3,5-9H2,1H3,(H,17,18). The van der Waals surface area contributed by atoms with Crippen LogP contribution in [0.15, 0.2) is 12.3 Å². The molecule has 1 amide bonds. The summed E-state index contributed by atoms with van der Waals surface area (Å²) >= 11 is 0. The molecule has 19 heavy (non-hydrogen) atoms. The summed E-state index contributed by atoms with van der Waals surface area (Å²) in [7, 11) is 2.03. The molecule has 1 fully saturated rings. The highest BCUT2D eigenvalue weighted by Gasteiger charge is 2.21. The number of likely N-dealkylation sites (N-methyl/N-ethyl adjacent to an activating group) is 1. The fourth-order valence-electron chi connectivity index (χ4n) is 1.98. The highest BCUT2D eigenvalue weighted by atomic mass is 16.4. The minimum absolute atomic E-state index is 0.00379. The second-order valence-corrected chi connectivity index (χ2v) is 4.70. The van der Waals surface area contributed by atoms with Gasteiger partial charge in [0.25, 0.3) is 5.91 Å². The van der Waals surface area contributed by atoms with Crippen LogP contribution in [0.2, 0.25) is 0 Å². The number of aromatic nitrogens is 2. The summed E-state index contributed by atoms with van der Waals surface area (Å²) in [4.78, 5) is 26.6. The van der Waals surface area contributed by atoms with Crippen molar-refractivity contribution in [3.63, 3.8) is 0 Å². The molecule has 0 bridgehead atoms. The van der Waals surface area contributed by atoms with Gasteiger partial charge in [0.15, 0.2) is 0 Å². The number of hydrogen-bond donors (Lipinski definition) is 1. The molecule has 0 aromatic carbocycles. The molecule has 104 valence electrons. The summed E-state index contributed by atoms with van der Waals surface area (Å²) in [6, 6.07) is 1.64. The van der Waals surface area contributed by atoms with Crippen molar-refractivity contribution in [1.82, 2.24) is 19.6 Å². The quantitative estimate of drug-likeness (QED) is 0.812. The average Bonchev–Trinajstić information content (AvgIpc) is 2.85. The Morgan fingerprint density at radius 3 is 2.63 bits per heavy atom. The molecule has 0 unspecified atom stereocenters. The number of rotatable bonds is 4. The van der Waals surface area contributed by atoms with Crippen molar-refractivity contribution in [2.75, 3.05) is 33.2 Å². The molecule has 1 saturated heterocycles. The minimum atomic E-state index is -0.873. The van der Waals surface area contributed by atoms with Crippen molar-refractivity contribution in [3.05, 3.63) is 18.0 Å². The first-order valence-corrected chi connectivity index (χ1v) is 6.29. The van der Waals surface area contributed by atoms with E-state index < -0.39 is 5.97 Å². The SMILES string of the molecule is CN1CCN(C(=O)c2ccn(CCC(=O)O)n2)CC1. The van der Waals surface area contributed by atoms with Gasteiger partial charge in [-0.3, -0.25) is 14.3 Å². The average molecular weight is 266 g/mol. The van der Waals surface area contributed by atoms with E-state index in [0.717, 1.165) is 13.1 Å². The van der Waals surface area contributed by atoms with Gasteiger partial charge >= 0.3 is 5.97 Å². The molecule has 1 aromatic heterocycles. The first kappa shape index (κ1) is 13.5. The minimum Gasteiger partial charge on any atom is -0.481 e. The zero-order chi connectivity index (χ0) is 13.8. The molecule has 1 N–H and O–H groups in total. The summed E-state index contributed by atoms with van der Waals surface area (Å²) in [5.74, 6) is -0.954. The smallest absolute Gasteiger partial charge is 0.305 e. The van der Waals surface area contributed by atoms with E-state index in [1.165, 1.54) is 4.68 Å². The van der Waals surface area contributed by atoms with E-state index >= 15 is 0 Å². The zero-order valence-electron chi connectivity index (χ0n) is 10.9. The lowest BCUT2D eigenvalue weighted by Crippen LogP contribution is -2.47. The Kier molecular flexibility index (Phi) is 4.16. The van der Waals surface area contributed by atoms with Crippen LogP contribution in [0.3, 0.4) is 0 Å². The van der Waals surface area contributed by atoms with Crippen LogP contribution >= 0.6 is 0 Å². The largest absolute Gasteiger partial charge is 0.481 e. The van der Waals surface area contributed by atoms with Crippen molar-refractivity contribution in [3.8, 4) is 0 Å². The van der Waals surface area contributed by atoms with Gasteiger partial charge in [0.05, 0.1) is 13.0 Å². The summed E-state index contributed by atoms with van der Waals surface area (Å²) in [6.45, 7) is 3.43. The number of nitrogens with zero attached hydrogens (tertiary/aromatic N) is 4. The molecule has 0 atom stereocenters. The molecule has 0 saturated carbocycles. The summed E-state index contributed by atoms with van der Waals surface area (Å²) in [6.07, 6.45) is 1.65. The van der Waals surface area contributed by atoms with Crippen LogP contribution in [0.25, 0.3) is 0 Å². The number of piperazine rings is 1. The lowest BCUT2D eigenvalue weighted by atomic mass is 10.3. The third kappa shape index (κ3) is 3.54. The summed E-state index contributed by atoms with van der Waals surface area (Å²) < 4.78 is 1.50. The number of amides is 1. The van der Waals surface area contributed by atoms with Crippen LogP contribution in [-0.2, 0) is 11.3 Å². The Labute approximate surface area is 111 Å². The summed E-state index contributed by atoms with van der Waals surface area (Å²) in [5.41, 5.74) is 0.384. The molecule has 0 spiro atoms. The molecule has 2 rings (SSSR count). The van der Waals surface area contributed by atoms with Crippen molar-refractivity contribution in [2.45, 2.75) is 13.0 Å². The first-order valence-electron chi connectivity index (χ1n) is 6.29. The van der Waals surface area contributed by atoms with Gasteiger partial charge in [-0.15, -0.1) is 0 Å². The molecular formula is C12H18N4O3. The predicted molar refractivity (Wildman–Crippen MR) is 67.9 cm³/mol. The molecule has 1 aliphatic heterocycles. The fourth-order valence-corrected chi connectivity index (χ4v) is 1.98. The van der Waals surface area contributed by atoms with Crippen LogP contribution in [0.4, 0.5) is 0 Å². The molecule has 2 heterocycles. The molecule has 1 aromatic rings. The van der Waals surface area contributed by atoms with Gasteiger partial charge in [-0.05, 0) is 13.1 Å². The van der Waals surface area contributed by atoms with Gasteiger partial charge in [0, 0.05) is 32.4 Å². The maximum Gasteiger partial charge on any atom is 0.305 e. The van der Waals surface area contributed by atoms with E-state index in [9.17, 15) is 9.59 Å². The Hall–Kier alpha value is -1.89. The van der Waals surface area contributed by atoms with E-state index in [1.54, 1.807) is 17.2 Å². The van der Waals surface area contributed by atoms with Crippen molar-refractivity contribution in [2.24, 2.45) is 0 Å². The second-order valence-electron chi connectivity index (χ2n) is 4.70. The van der Waals surface area contributed by atoms with Gasteiger partial charge < -0.3 is 14.9 Å². The van der Waals surface area contributed by atoms with Gasteiger partial charge in [0.2, 0.25) is 0 Å². The number of carboxylic acids is 1. The monoisotopic (exact) mass is 266 g/mol. The topological polar surface area (TPSA) is 78.7 Å². The van der Waals surface area contributed by atoms with Crippen molar-refractivity contribution >= 4 is 11.9 Å². The van der Waals surface area contributed by atoms with Gasteiger partial charge in [-0.2, -0.15) is 5.10 Å². The van der Waals surface area contributed by atoms with E-state index in [4.69, 9.17) is 5.11 Å². The van der Waals surface area contributed by atoms with E-state index in [1.807, 2.05) is 7.05 Å². The Bertz CT molecular complexity index is 463. The number of aryl methyl sites for hydroxylation is 1. The molecule has 1 aliphatic rings. The van der Waals surface area contributed by atoms with Gasteiger partial charge in [-0.25, -0.2) is 0 Å². The third-order valence-corrected chi connectivity index (χ3v) is 3.21. The number of hydrogen-bond acceptors (Lipinski definition) is 4. The predicted octanol–water partition coefficient (Wildman–Crippen LogP) is -0.255. The van der Waals surface area contributed by atoms with Crippen LogP contribution in [0.5, 0.6) is 0 Å². The molecular weight excluding hydrogens is 248 g/mol. The van der Waals surface area contributed by atoms with Gasteiger partial charge in [0.1, 0.15) is 5.69 Å². The van der Waals surface area contributed by atoms with E-state index in [-0.39, 0.29) is 18.9 Å². The van der Waals surface area contributed by atoms with E-state index in [0.29, 0.717) is 18.8 Å². The van der Waals surface area contributed by atoms with Crippen LogP contribution in [0.1, 0.15) is 16.9 Å². The maximum absolute atomic E-state index is 12.2. The number of carbonyl (C=O) groups excluding carboxylic acids is 1. The van der Waals surface area contributed by atoms with Crippen LogP contribution < -0.4 is 0 Å². The Morgan fingerprint density at radius 1 is 1.32 bits per heavy atom. The van der Waals surface area contributed by atoms with Crippen LogP contribution in [-0.4, -0.2) is 69.8 Å². The molecule has 0 aliphatic carbocycles. The van der Waals surface area contributed by atoms with E-state index in [2.05, 4.69) is 10.00 Å². The van der Waals surface area contributed by atoms with Crippen molar-refractivity contribution in [1.29, 1.82) is 0 Å². The number of carbonyl (C=O) groups is 2. The lowest BCUT2D eigenvalue weighted by molar-refractivity contribution is -0.137. The third-order valence-electron chi connectivity index (χ3n) is 3.21. The lowest BCUT2D eigenvalue weighted by Gasteiger charge is -2.31. The molecule has 7 heteroatoms. The summed E-state index contributed by atoms with van der Waals surface area (Å²) in [5, 5.41) is 12.7. The Balaban J connectivity index is 1.94. The second kappa shape index (κ2) is 5.83. The van der Waals surface area contributed by atoms with Crippen LogP contribution in [0, 0.1) is 0 Å². The fraction of sp³-hybridized carbons (Fsp3) is 0.583. The normalized spacial score (nSPS) is 16.6. The van der Waals surface area contributed by atoms with Gasteiger partial charge in [-0.1, -0.05) is 0 Å². The Morgan fingerprint density at radius 2 is 2.00 bits per heavy atom. The van der Waals surface area contributed by atoms with Crippen molar-refractivity contribution < 1.29 is 14.7 Å². The zero-order valence-corrected chi connectivity index (χ0v) is 10.9. The highest BCUT2D eigenvalue weighted by Crippen LogP contribution is 2.06. The molecule has 7 nitrogen and oxygen atoms in total. The maximum atomic E-state index is 12.2. The number of aliphatic carboxylic acids is 1. The highest BCUT2D eigenvalue weighted by molar-refractivity contribution is 5.92. The first-order chi connectivity index (χ1) is 9.06. The molecule has 0 radical (unpaired) electrons. The number of carboxylic acid groups (broad SMARTS) is 1.